The summed E-state index contributed by atoms with van der Waals surface area (Å²) >= 11 is 0. The van der Waals surface area contributed by atoms with Crippen molar-refractivity contribution in [2.24, 2.45) is 5.73 Å². The van der Waals surface area contributed by atoms with E-state index in [1.807, 2.05) is 0 Å². The van der Waals surface area contributed by atoms with Gasteiger partial charge in [-0.25, -0.2) is 0 Å². The lowest BCUT2D eigenvalue weighted by molar-refractivity contribution is -0.146. The molecular weight excluding hydrogens is 228 g/mol. The van der Waals surface area contributed by atoms with E-state index < -0.39 is 6.23 Å². The van der Waals surface area contributed by atoms with Gasteiger partial charge >= 0.3 is 5.97 Å². The molecule has 1 atom stereocenters. The molecule has 0 saturated carbocycles. The minimum absolute atomic E-state index is 0. The summed E-state index contributed by atoms with van der Waals surface area (Å²) in [6.07, 6.45) is 12.0. The van der Waals surface area contributed by atoms with Crippen LogP contribution in [0.25, 0.3) is 0 Å². The number of carbonyl (C=O) groups is 1. The zero-order valence-electron chi connectivity index (χ0n) is 12.2. The second-order valence-corrected chi connectivity index (χ2v) is 4.76. The van der Waals surface area contributed by atoms with Crippen molar-refractivity contribution in [3.63, 3.8) is 0 Å². The van der Waals surface area contributed by atoms with E-state index in [2.05, 4.69) is 6.92 Å². The Kier molecular flexibility index (Phi) is 15.8. The van der Waals surface area contributed by atoms with Crippen molar-refractivity contribution in [1.29, 1.82) is 0 Å². The fourth-order valence-electron chi connectivity index (χ4n) is 1.93. The molecule has 0 rings (SSSR count). The van der Waals surface area contributed by atoms with Gasteiger partial charge in [0.15, 0.2) is 6.23 Å². The van der Waals surface area contributed by atoms with Crippen molar-refractivity contribution in [1.82, 2.24) is 6.15 Å². The second-order valence-electron chi connectivity index (χ2n) is 4.76. The molecule has 4 heteroatoms. The molecule has 0 aromatic heterocycles. The summed E-state index contributed by atoms with van der Waals surface area (Å²) in [5, 5.41) is 0. The molecular formula is C14H32N2O2. The average molecular weight is 260 g/mol. The molecule has 0 radical (unpaired) electrons. The van der Waals surface area contributed by atoms with Crippen LogP contribution in [-0.2, 0) is 9.53 Å². The molecule has 4 nitrogen and oxygen atoms in total. The molecule has 0 bridgehead atoms. The molecule has 0 aliphatic carbocycles. The number of hydrogen-bond acceptors (Lipinski definition) is 4. The van der Waals surface area contributed by atoms with E-state index in [4.69, 9.17) is 10.5 Å². The van der Waals surface area contributed by atoms with Crippen molar-refractivity contribution in [3.8, 4) is 0 Å². The third kappa shape index (κ3) is 15.4. The Hall–Kier alpha value is -0.610. The third-order valence-electron chi connectivity index (χ3n) is 2.91. The molecule has 0 aliphatic rings. The first-order chi connectivity index (χ1) is 8.16. The van der Waals surface area contributed by atoms with E-state index >= 15 is 0 Å². The highest BCUT2D eigenvalue weighted by Crippen LogP contribution is 2.11. The lowest BCUT2D eigenvalue weighted by atomic mass is 10.1. The number of nitrogens with two attached hydrogens (primary N) is 1. The number of ether oxygens (including phenoxy) is 1. The fraction of sp³-hybridized carbons (Fsp3) is 0.929. The molecule has 0 aliphatic heterocycles. The van der Waals surface area contributed by atoms with Crippen LogP contribution in [0.5, 0.6) is 0 Å². The Labute approximate surface area is 112 Å². The first-order valence-electron chi connectivity index (χ1n) is 7.09. The predicted molar refractivity (Wildman–Crippen MR) is 76.6 cm³/mol. The van der Waals surface area contributed by atoms with Crippen molar-refractivity contribution in [2.75, 3.05) is 0 Å². The molecule has 0 spiro atoms. The Bertz CT molecular complexity index is 187. The molecule has 0 heterocycles. The molecule has 0 saturated heterocycles. The molecule has 0 fully saturated rings. The molecule has 5 N–H and O–H groups in total. The Balaban J connectivity index is 0. The van der Waals surface area contributed by atoms with Crippen LogP contribution in [0.4, 0.5) is 0 Å². The van der Waals surface area contributed by atoms with E-state index in [1.165, 1.54) is 58.3 Å². The fourth-order valence-corrected chi connectivity index (χ4v) is 1.93. The van der Waals surface area contributed by atoms with Gasteiger partial charge in [0.25, 0.3) is 0 Å². The molecule has 1 unspecified atom stereocenters. The minimum atomic E-state index is -0.406. The lowest BCUT2D eigenvalue weighted by Gasteiger charge is -2.10. The van der Waals surface area contributed by atoms with Crippen molar-refractivity contribution < 1.29 is 9.53 Å². The second kappa shape index (κ2) is 14.5. The normalized spacial score (nSPS) is 11.7. The van der Waals surface area contributed by atoms with Gasteiger partial charge in [-0.3, -0.25) is 10.5 Å². The number of rotatable bonds is 11. The molecule has 110 valence electrons. The van der Waals surface area contributed by atoms with E-state index in [9.17, 15) is 4.79 Å². The third-order valence-corrected chi connectivity index (χ3v) is 2.91. The maximum atomic E-state index is 10.6. The maximum absolute atomic E-state index is 10.6. The predicted octanol–water partition coefficient (Wildman–Crippen LogP) is 3.92. The summed E-state index contributed by atoms with van der Waals surface area (Å²) in [4.78, 5) is 10.6. The highest BCUT2D eigenvalue weighted by atomic mass is 16.5. The summed E-state index contributed by atoms with van der Waals surface area (Å²) < 4.78 is 4.86. The van der Waals surface area contributed by atoms with Crippen LogP contribution in [0, 0.1) is 0 Å². The Morgan fingerprint density at radius 2 is 1.44 bits per heavy atom. The smallest absolute Gasteiger partial charge is 0.304 e. The standard InChI is InChI=1S/C14H29NO2.H3N/c1-3-4-5-6-7-8-9-10-11-12-14(15)17-13(2)16;/h14H,3-12,15H2,1-2H3;1H3. The molecule has 0 aromatic carbocycles. The molecule has 18 heavy (non-hydrogen) atoms. The van der Waals surface area contributed by atoms with E-state index in [-0.39, 0.29) is 12.1 Å². The van der Waals surface area contributed by atoms with Crippen LogP contribution >= 0.6 is 0 Å². The first-order valence-corrected chi connectivity index (χ1v) is 7.09. The quantitative estimate of drug-likeness (QED) is 0.335. The number of carbonyl (C=O) groups excluding carboxylic acids is 1. The van der Waals surface area contributed by atoms with Gasteiger partial charge in [-0.1, -0.05) is 58.3 Å². The van der Waals surface area contributed by atoms with Gasteiger partial charge in [0.1, 0.15) is 0 Å². The largest absolute Gasteiger partial charge is 0.447 e. The van der Waals surface area contributed by atoms with Gasteiger partial charge in [-0.05, 0) is 12.8 Å². The maximum Gasteiger partial charge on any atom is 0.304 e. The van der Waals surface area contributed by atoms with Gasteiger partial charge in [-0.2, -0.15) is 0 Å². The monoisotopic (exact) mass is 260 g/mol. The Morgan fingerprint density at radius 3 is 1.89 bits per heavy atom. The van der Waals surface area contributed by atoms with Gasteiger partial charge in [-0.15, -0.1) is 0 Å². The molecule has 0 aromatic rings. The average Bonchev–Trinajstić information content (AvgIpc) is 2.26. The highest BCUT2D eigenvalue weighted by Gasteiger charge is 2.04. The topological polar surface area (TPSA) is 87.3 Å². The number of unbranched alkanes of at least 4 members (excludes halogenated alkanes) is 8. The highest BCUT2D eigenvalue weighted by molar-refractivity contribution is 5.66. The van der Waals surface area contributed by atoms with Crippen LogP contribution in [0.15, 0.2) is 0 Å². The van der Waals surface area contributed by atoms with Gasteiger partial charge in [0.2, 0.25) is 0 Å². The minimum Gasteiger partial charge on any atom is -0.447 e. The Morgan fingerprint density at radius 1 is 1.00 bits per heavy atom. The zero-order chi connectivity index (χ0) is 12.9. The van der Waals surface area contributed by atoms with Gasteiger partial charge in [0.05, 0.1) is 0 Å². The van der Waals surface area contributed by atoms with Crippen molar-refractivity contribution in [3.05, 3.63) is 0 Å². The summed E-state index contributed by atoms with van der Waals surface area (Å²) in [5.74, 6) is -0.284. The first kappa shape index (κ1) is 19.7. The lowest BCUT2D eigenvalue weighted by Crippen LogP contribution is -2.25. The van der Waals surface area contributed by atoms with Crippen LogP contribution in [0.1, 0.15) is 78.1 Å². The number of esters is 1. The zero-order valence-corrected chi connectivity index (χ0v) is 12.2. The van der Waals surface area contributed by atoms with E-state index in [0.717, 1.165) is 12.8 Å². The summed E-state index contributed by atoms with van der Waals surface area (Å²) in [7, 11) is 0. The summed E-state index contributed by atoms with van der Waals surface area (Å²) in [6, 6.07) is 0. The van der Waals surface area contributed by atoms with Crippen LogP contribution in [0.2, 0.25) is 0 Å². The van der Waals surface area contributed by atoms with E-state index in [1.54, 1.807) is 0 Å². The van der Waals surface area contributed by atoms with Crippen LogP contribution < -0.4 is 11.9 Å². The van der Waals surface area contributed by atoms with Gasteiger partial charge < -0.3 is 10.9 Å². The molecule has 0 amide bonds. The van der Waals surface area contributed by atoms with E-state index in [0.29, 0.717) is 0 Å². The number of hydrogen-bond donors (Lipinski definition) is 2. The van der Waals surface area contributed by atoms with Crippen molar-refractivity contribution in [2.45, 2.75) is 84.3 Å². The van der Waals surface area contributed by atoms with Crippen molar-refractivity contribution >= 4 is 5.97 Å². The van der Waals surface area contributed by atoms with Crippen LogP contribution in [0.3, 0.4) is 0 Å². The SMILES string of the molecule is CCCCCCCCCCCC(N)OC(C)=O.N. The summed E-state index contributed by atoms with van der Waals surface area (Å²) in [6.45, 7) is 3.64. The van der Waals surface area contributed by atoms with Crippen LogP contribution in [-0.4, -0.2) is 12.2 Å². The van der Waals surface area contributed by atoms with Gasteiger partial charge in [0, 0.05) is 6.92 Å². The summed E-state index contributed by atoms with van der Waals surface area (Å²) in [5.41, 5.74) is 5.63.